The number of ketones is 1. The third-order valence-corrected chi connectivity index (χ3v) is 5.36. The van der Waals surface area contributed by atoms with Gasteiger partial charge in [-0.3, -0.25) is 4.79 Å². The Hall–Kier alpha value is -0.480. The molecule has 0 N–H and O–H groups in total. The molecule has 16 heavy (non-hydrogen) atoms. The van der Waals surface area contributed by atoms with Gasteiger partial charge in [-0.15, -0.1) is 23.5 Å². The maximum atomic E-state index is 12.7. The van der Waals surface area contributed by atoms with Crippen molar-refractivity contribution in [3.05, 3.63) is 35.6 Å². The zero-order valence-electron chi connectivity index (χ0n) is 8.82. The fraction of sp³-hybridized carbons (Fsp3) is 0.417. The van der Waals surface area contributed by atoms with E-state index in [9.17, 15) is 9.18 Å². The molecule has 1 saturated heterocycles. The standard InChI is InChI=1S/C12H13FOS2/c13-10-4-2-9(3-5-10)11(14)8-12-15-6-1-7-16-12/h2-5,12H,1,6-8H2. The van der Waals surface area contributed by atoms with Crippen molar-refractivity contribution in [2.24, 2.45) is 0 Å². The van der Waals surface area contributed by atoms with Crippen molar-refractivity contribution < 1.29 is 9.18 Å². The molecule has 0 bridgehead atoms. The summed E-state index contributed by atoms with van der Waals surface area (Å²) in [6, 6.07) is 5.81. The van der Waals surface area contributed by atoms with Crippen LogP contribution in [-0.2, 0) is 0 Å². The summed E-state index contributed by atoms with van der Waals surface area (Å²) in [7, 11) is 0. The molecule has 0 unspecified atom stereocenters. The monoisotopic (exact) mass is 256 g/mol. The average molecular weight is 256 g/mol. The van der Waals surface area contributed by atoms with E-state index in [1.807, 2.05) is 23.5 Å². The Kier molecular flexibility index (Phi) is 4.29. The Morgan fingerprint density at radius 1 is 1.25 bits per heavy atom. The van der Waals surface area contributed by atoms with Gasteiger partial charge in [0.05, 0.1) is 4.58 Å². The molecular formula is C12H13FOS2. The van der Waals surface area contributed by atoms with E-state index in [4.69, 9.17) is 0 Å². The van der Waals surface area contributed by atoms with Gasteiger partial charge in [0, 0.05) is 12.0 Å². The molecule has 2 rings (SSSR count). The van der Waals surface area contributed by atoms with Crippen LogP contribution in [-0.4, -0.2) is 21.9 Å². The second-order valence-electron chi connectivity index (χ2n) is 3.66. The zero-order valence-corrected chi connectivity index (χ0v) is 10.5. The smallest absolute Gasteiger partial charge is 0.164 e. The highest BCUT2D eigenvalue weighted by Gasteiger charge is 2.18. The van der Waals surface area contributed by atoms with Crippen molar-refractivity contribution in [3.8, 4) is 0 Å². The van der Waals surface area contributed by atoms with Crippen LogP contribution >= 0.6 is 23.5 Å². The van der Waals surface area contributed by atoms with E-state index >= 15 is 0 Å². The molecule has 86 valence electrons. The van der Waals surface area contributed by atoms with Crippen molar-refractivity contribution in [1.29, 1.82) is 0 Å². The molecule has 0 saturated carbocycles. The van der Waals surface area contributed by atoms with Gasteiger partial charge in [-0.05, 0) is 42.2 Å². The van der Waals surface area contributed by atoms with E-state index in [-0.39, 0.29) is 11.6 Å². The van der Waals surface area contributed by atoms with Crippen LogP contribution in [0.3, 0.4) is 0 Å². The highest BCUT2D eigenvalue weighted by molar-refractivity contribution is 8.17. The lowest BCUT2D eigenvalue weighted by Crippen LogP contribution is -2.12. The first-order valence-corrected chi connectivity index (χ1v) is 7.37. The lowest BCUT2D eigenvalue weighted by Gasteiger charge is -2.19. The Labute approximate surface area is 103 Å². The fourth-order valence-electron chi connectivity index (χ4n) is 1.56. The molecule has 1 aliphatic rings. The Bertz CT molecular complexity index is 358. The number of Topliss-reactive ketones (excluding diaryl/α,β-unsaturated/α-hetero) is 1. The summed E-state index contributed by atoms with van der Waals surface area (Å²) in [5.74, 6) is 2.12. The van der Waals surface area contributed by atoms with Crippen LogP contribution in [0.15, 0.2) is 24.3 Å². The van der Waals surface area contributed by atoms with Crippen LogP contribution in [0.4, 0.5) is 4.39 Å². The van der Waals surface area contributed by atoms with Crippen LogP contribution < -0.4 is 0 Å². The number of hydrogen-bond donors (Lipinski definition) is 0. The van der Waals surface area contributed by atoms with Crippen LogP contribution in [0.25, 0.3) is 0 Å². The molecule has 1 fully saturated rings. The van der Waals surface area contributed by atoms with Gasteiger partial charge in [0.15, 0.2) is 5.78 Å². The Morgan fingerprint density at radius 3 is 2.50 bits per heavy atom. The topological polar surface area (TPSA) is 17.1 Å². The van der Waals surface area contributed by atoms with Gasteiger partial charge in [0.25, 0.3) is 0 Å². The van der Waals surface area contributed by atoms with Gasteiger partial charge < -0.3 is 0 Å². The van der Waals surface area contributed by atoms with Gasteiger partial charge in [-0.2, -0.15) is 0 Å². The summed E-state index contributed by atoms with van der Waals surface area (Å²) < 4.78 is 13.1. The summed E-state index contributed by atoms with van der Waals surface area (Å²) in [4.78, 5) is 11.9. The minimum atomic E-state index is -0.294. The molecule has 1 aromatic carbocycles. The summed E-state index contributed by atoms with van der Waals surface area (Å²) in [5.41, 5.74) is 0.619. The first-order valence-electron chi connectivity index (χ1n) is 5.28. The molecule has 4 heteroatoms. The largest absolute Gasteiger partial charge is 0.294 e. The maximum Gasteiger partial charge on any atom is 0.164 e. The summed E-state index contributed by atoms with van der Waals surface area (Å²) >= 11 is 3.71. The number of halogens is 1. The quantitative estimate of drug-likeness (QED) is 0.769. The second-order valence-corrected chi connectivity index (χ2v) is 6.58. The van der Waals surface area contributed by atoms with Gasteiger partial charge in [0.2, 0.25) is 0 Å². The van der Waals surface area contributed by atoms with Gasteiger partial charge in [0.1, 0.15) is 5.82 Å². The summed E-state index contributed by atoms with van der Waals surface area (Å²) in [6.45, 7) is 0. The normalized spacial score (nSPS) is 17.3. The van der Waals surface area contributed by atoms with Crippen LogP contribution in [0.2, 0.25) is 0 Å². The van der Waals surface area contributed by atoms with E-state index in [2.05, 4.69) is 0 Å². The summed E-state index contributed by atoms with van der Waals surface area (Å²) in [5, 5.41) is 0. The minimum absolute atomic E-state index is 0.117. The van der Waals surface area contributed by atoms with Crippen molar-refractivity contribution in [2.45, 2.75) is 17.4 Å². The highest BCUT2D eigenvalue weighted by atomic mass is 32.2. The first kappa shape index (κ1) is 12.0. The zero-order chi connectivity index (χ0) is 11.4. The third kappa shape index (κ3) is 3.25. The molecule has 0 spiro atoms. The Balaban J connectivity index is 1.94. The number of carbonyl (C=O) groups excluding carboxylic acids is 1. The van der Waals surface area contributed by atoms with E-state index < -0.39 is 0 Å². The number of benzene rings is 1. The predicted octanol–water partition coefficient (Wildman–Crippen LogP) is 3.59. The Morgan fingerprint density at radius 2 is 1.88 bits per heavy atom. The number of carbonyl (C=O) groups is 1. The average Bonchev–Trinajstić information content (AvgIpc) is 2.31. The molecule has 0 aromatic heterocycles. The van der Waals surface area contributed by atoms with E-state index in [1.54, 1.807) is 12.1 Å². The van der Waals surface area contributed by atoms with Crippen LogP contribution in [0.5, 0.6) is 0 Å². The van der Waals surface area contributed by atoms with Crippen molar-refractivity contribution in [1.82, 2.24) is 0 Å². The van der Waals surface area contributed by atoms with E-state index in [0.717, 1.165) is 11.5 Å². The van der Waals surface area contributed by atoms with Gasteiger partial charge in [-0.25, -0.2) is 4.39 Å². The SMILES string of the molecule is O=C(CC1SCCCS1)c1ccc(F)cc1. The fourth-order valence-corrected chi connectivity index (χ4v) is 4.39. The van der Waals surface area contributed by atoms with Crippen LogP contribution in [0, 0.1) is 5.82 Å². The molecule has 0 aliphatic carbocycles. The first-order chi connectivity index (χ1) is 7.75. The van der Waals surface area contributed by atoms with Gasteiger partial charge in [-0.1, -0.05) is 0 Å². The minimum Gasteiger partial charge on any atom is -0.294 e. The number of thioether (sulfide) groups is 2. The predicted molar refractivity (Wildman–Crippen MR) is 68.7 cm³/mol. The highest BCUT2D eigenvalue weighted by Crippen LogP contribution is 2.33. The maximum absolute atomic E-state index is 12.7. The molecule has 0 amide bonds. The van der Waals surface area contributed by atoms with Crippen molar-refractivity contribution in [2.75, 3.05) is 11.5 Å². The van der Waals surface area contributed by atoms with E-state index in [0.29, 0.717) is 16.6 Å². The molecule has 1 nitrogen and oxygen atoms in total. The lowest BCUT2D eigenvalue weighted by atomic mass is 10.1. The lowest BCUT2D eigenvalue weighted by molar-refractivity contribution is 0.0987. The van der Waals surface area contributed by atoms with Gasteiger partial charge >= 0.3 is 0 Å². The molecule has 1 aromatic rings. The molecule has 0 radical (unpaired) electrons. The molecule has 1 heterocycles. The van der Waals surface area contributed by atoms with Crippen molar-refractivity contribution >= 4 is 29.3 Å². The molecule has 0 atom stereocenters. The molecule has 1 aliphatic heterocycles. The van der Waals surface area contributed by atoms with Crippen LogP contribution in [0.1, 0.15) is 23.2 Å². The van der Waals surface area contributed by atoms with E-state index in [1.165, 1.54) is 18.6 Å². The second kappa shape index (κ2) is 5.73. The number of rotatable bonds is 3. The third-order valence-electron chi connectivity index (χ3n) is 2.41. The summed E-state index contributed by atoms with van der Waals surface area (Å²) in [6.07, 6.45) is 1.79. The molecular weight excluding hydrogens is 243 g/mol. The van der Waals surface area contributed by atoms with Crippen molar-refractivity contribution in [3.63, 3.8) is 0 Å². The number of hydrogen-bond acceptors (Lipinski definition) is 3.